The first-order valence-corrected chi connectivity index (χ1v) is 8.43. The van der Waals surface area contributed by atoms with Gasteiger partial charge in [-0.3, -0.25) is 9.69 Å². The van der Waals surface area contributed by atoms with E-state index in [0.717, 1.165) is 27.2 Å². The van der Waals surface area contributed by atoms with Crippen molar-refractivity contribution in [1.29, 1.82) is 0 Å². The molecule has 0 bridgehead atoms. The normalized spacial score (nSPS) is 21.3. The Kier molecular flexibility index (Phi) is 3.09. The lowest BCUT2D eigenvalue weighted by molar-refractivity contribution is -0.848. The van der Waals surface area contributed by atoms with Crippen molar-refractivity contribution >= 4 is 11.9 Å². The Morgan fingerprint density at radius 3 is 2.77 bits per heavy atom. The molecule has 3 aliphatic rings. The molecule has 2 aliphatic heterocycles. The first kappa shape index (κ1) is 15.3. The van der Waals surface area contributed by atoms with E-state index >= 15 is 0 Å². The number of quaternary nitrogens is 1. The summed E-state index contributed by atoms with van der Waals surface area (Å²) in [5.74, 6) is 2.41. The average Bonchev–Trinajstić information content (AvgIpc) is 3.12. The van der Waals surface area contributed by atoms with Crippen molar-refractivity contribution in [2.24, 2.45) is 0 Å². The number of hydrogen-bond donors (Lipinski definition) is 1. The summed E-state index contributed by atoms with van der Waals surface area (Å²) >= 11 is 0. The molecule has 0 fully saturated rings. The van der Waals surface area contributed by atoms with E-state index < -0.39 is 0 Å². The molecule has 1 aliphatic carbocycles. The number of likely N-dealkylation sites (N-methyl/N-ethyl adjacent to an activating group) is 1. The Morgan fingerprint density at radius 1 is 1.15 bits per heavy atom. The molecule has 1 N–H and O–H groups in total. The van der Waals surface area contributed by atoms with Gasteiger partial charge >= 0.3 is 0 Å². The second-order valence-corrected chi connectivity index (χ2v) is 6.59. The summed E-state index contributed by atoms with van der Waals surface area (Å²) in [5.41, 5.74) is 4.23. The quantitative estimate of drug-likeness (QED) is 0.894. The van der Waals surface area contributed by atoms with Gasteiger partial charge in [-0.1, -0.05) is 0 Å². The van der Waals surface area contributed by atoms with Gasteiger partial charge in [-0.15, -0.1) is 0 Å². The van der Waals surface area contributed by atoms with Gasteiger partial charge in [0.1, 0.15) is 0 Å². The number of methoxy groups -OCH3 is 2. The van der Waals surface area contributed by atoms with Gasteiger partial charge < -0.3 is 18.9 Å². The lowest BCUT2D eigenvalue weighted by Gasteiger charge is -2.33. The molecule has 132 valence electrons. The third-order valence-electron chi connectivity index (χ3n) is 5.33. The van der Waals surface area contributed by atoms with E-state index in [1.807, 2.05) is 37.5 Å². The Hall–Kier alpha value is -2.99. The summed E-state index contributed by atoms with van der Waals surface area (Å²) in [4.78, 5) is 14.5. The summed E-state index contributed by atoms with van der Waals surface area (Å²) in [5, 5.41) is 0. The van der Waals surface area contributed by atoms with Gasteiger partial charge in [0, 0.05) is 16.7 Å². The summed E-state index contributed by atoms with van der Waals surface area (Å²) < 4.78 is 22.4. The maximum atomic E-state index is 13.5. The number of nitrogens with one attached hydrogen (secondary N) is 1. The topological polar surface area (TPSA) is 58.4 Å². The second-order valence-electron chi connectivity index (χ2n) is 6.59. The van der Waals surface area contributed by atoms with Crippen LogP contribution in [0.1, 0.15) is 27.5 Å². The van der Waals surface area contributed by atoms with Gasteiger partial charge in [0.2, 0.25) is 12.6 Å². The Balaban J connectivity index is 1.92. The monoisotopic (exact) mass is 352 g/mol. The molecule has 0 radical (unpaired) electrons. The van der Waals surface area contributed by atoms with Crippen LogP contribution in [0.2, 0.25) is 0 Å². The molecule has 0 aromatic heterocycles. The van der Waals surface area contributed by atoms with Crippen LogP contribution >= 0.6 is 0 Å². The van der Waals surface area contributed by atoms with Gasteiger partial charge in [0.15, 0.2) is 29.0 Å². The zero-order chi connectivity index (χ0) is 18.0. The molecule has 2 unspecified atom stereocenters. The molecule has 6 heteroatoms. The standard InChI is InChI=1S/C20H17NO5/c1-21-7-6-10-8-13-20(26-9-25-13)15-11-4-5-12(23-2)19(24-3)16(11)18(22)17(21)14(10)15/h4-8,17H,9H2,1-3H3/p+1. The molecule has 26 heavy (non-hydrogen) atoms. The number of hydrogen-bond acceptors (Lipinski definition) is 5. The van der Waals surface area contributed by atoms with Crippen LogP contribution in [0.15, 0.2) is 24.4 Å². The highest BCUT2D eigenvalue weighted by molar-refractivity contribution is 6.14. The third-order valence-corrected chi connectivity index (χ3v) is 5.33. The number of benzene rings is 2. The SMILES string of the molecule is COc1ccc2c(c1OC)C(=O)C1c3c(cc4c(c3-2)OCO4)C=C[NH+]1C. The van der Waals surface area contributed by atoms with E-state index in [1.54, 1.807) is 14.2 Å². The van der Waals surface area contributed by atoms with Crippen LogP contribution in [0.25, 0.3) is 17.2 Å². The molecule has 2 atom stereocenters. The van der Waals surface area contributed by atoms with E-state index in [2.05, 4.69) is 0 Å². The summed E-state index contributed by atoms with van der Waals surface area (Å²) in [6, 6.07) is 5.32. The van der Waals surface area contributed by atoms with E-state index in [0.29, 0.717) is 28.6 Å². The molecule has 0 amide bonds. The zero-order valence-corrected chi connectivity index (χ0v) is 14.7. The molecule has 2 aromatic rings. The molecule has 5 rings (SSSR count). The fourth-order valence-corrected chi connectivity index (χ4v) is 4.20. The molecule has 0 spiro atoms. The van der Waals surface area contributed by atoms with Gasteiger partial charge in [-0.05, 0) is 29.8 Å². The highest BCUT2D eigenvalue weighted by atomic mass is 16.7. The fourth-order valence-electron chi connectivity index (χ4n) is 4.20. The minimum Gasteiger partial charge on any atom is -0.493 e. The predicted molar refractivity (Wildman–Crippen MR) is 94.1 cm³/mol. The molecule has 2 aromatic carbocycles. The van der Waals surface area contributed by atoms with E-state index in [-0.39, 0.29) is 18.6 Å². The van der Waals surface area contributed by atoms with Crippen molar-refractivity contribution in [2.75, 3.05) is 28.1 Å². The van der Waals surface area contributed by atoms with E-state index in [4.69, 9.17) is 18.9 Å². The van der Waals surface area contributed by atoms with Crippen LogP contribution in [0.3, 0.4) is 0 Å². The van der Waals surface area contributed by atoms with Gasteiger partial charge in [-0.2, -0.15) is 0 Å². The van der Waals surface area contributed by atoms with Crippen molar-refractivity contribution < 1.29 is 28.6 Å². The van der Waals surface area contributed by atoms with Crippen LogP contribution in [0.4, 0.5) is 0 Å². The van der Waals surface area contributed by atoms with E-state index in [9.17, 15) is 4.79 Å². The minimum atomic E-state index is -0.354. The Morgan fingerprint density at radius 2 is 2.00 bits per heavy atom. The van der Waals surface area contributed by atoms with Crippen LogP contribution in [-0.4, -0.2) is 33.8 Å². The summed E-state index contributed by atoms with van der Waals surface area (Å²) in [6.07, 6.45) is 4.03. The number of rotatable bonds is 2. The fraction of sp³-hybridized carbons (Fsp3) is 0.250. The van der Waals surface area contributed by atoms with Crippen LogP contribution in [0.5, 0.6) is 23.0 Å². The molecule has 0 saturated carbocycles. The molecule has 2 heterocycles. The summed E-state index contributed by atoms with van der Waals surface area (Å²) in [6.45, 7) is 0.179. The largest absolute Gasteiger partial charge is 0.493 e. The number of fused-ring (bicyclic) bond motifs is 4. The summed E-state index contributed by atoms with van der Waals surface area (Å²) in [7, 11) is 5.10. The highest BCUT2D eigenvalue weighted by Crippen LogP contribution is 2.54. The molecular formula is C20H18NO5+. The highest BCUT2D eigenvalue weighted by Gasteiger charge is 2.45. The smallest absolute Gasteiger partial charge is 0.231 e. The van der Waals surface area contributed by atoms with Crippen LogP contribution < -0.4 is 23.8 Å². The van der Waals surface area contributed by atoms with Gasteiger partial charge in [0.25, 0.3) is 0 Å². The number of Topliss-reactive ketones (excluding diaryl/α,β-unsaturated/α-hetero) is 1. The molecular weight excluding hydrogens is 334 g/mol. The maximum Gasteiger partial charge on any atom is 0.231 e. The van der Waals surface area contributed by atoms with Crippen LogP contribution in [0, 0.1) is 0 Å². The van der Waals surface area contributed by atoms with Crippen LogP contribution in [-0.2, 0) is 0 Å². The lowest BCUT2D eigenvalue weighted by atomic mass is 9.76. The Bertz CT molecular complexity index is 994. The zero-order valence-electron chi connectivity index (χ0n) is 14.7. The van der Waals surface area contributed by atoms with Crippen molar-refractivity contribution in [2.45, 2.75) is 6.04 Å². The number of ether oxygens (including phenoxy) is 4. The lowest BCUT2D eigenvalue weighted by Crippen LogP contribution is -3.06. The number of carbonyl (C=O) groups excluding carboxylic acids is 1. The van der Waals surface area contributed by atoms with Gasteiger partial charge in [-0.25, -0.2) is 0 Å². The van der Waals surface area contributed by atoms with Gasteiger partial charge in [0.05, 0.1) is 33.0 Å². The second kappa shape index (κ2) is 5.25. The van der Waals surface area contributed by atoms with E-state index in [1.165, 1.54) is 0 Å². The third kappa shape index (κ3) is 1.77. The first-order chi connectivity index (χ1) is 12.7. The van der Waals surface area contributed by atoms with Crippen molar-refractivity contribution in [3.05, 3.63) is 41.1 Å². The number of carbonyl (C=O) groups is 1. The first-order valence-electron chi connectivity index (χ1n) is 8.43. The maximum absolute atomic E-state index is 13.5. The predicted octanol–water partition coefficient (Wildman–Crippen LogP) is 1.84. The number of ketones is 1. The molecule has 6 nitrogen and oxygen atoms in total. The minimum absolute atomic E-state index is 0.0187. The van der Waals surface area contributed by atoms with Crippen molar-refractivity contribution in [1.82, 2.24) is 0 Å². The average molecular weight is 352 g/mol. The molecule has 0 saturated heterocycles. The Labute approximate surface area is 150 Å². The van der Waals surface area contributed by atoms with Crippen molar-refractivity contribution in [3.8, 4) is 34.1 Å². The van der Waals surface area contributed by atoms with Crippen molar-refractivity contribution in [3.63, 3.8) is 0 Å².